The van der Waals surface area contributed by atoms with E-state index in [-0.39, 0.29) is 11.8 Å². The van der Waals surface area contributed by atoms with E-state index in [9.17, 15) is 4.79 Å². The summed E-state index contributed by atoms with van der Waals surface area (Å²) >= 11 is 1.77. The number of carbonyl (C=O) groups excluding carboxylic acids is 1. The van der Waals surface area contributed by atoms with Crippen LogP contribution in [0, 0.1) is 5.92 Å². The second-order valence-electron chi connectivity index (χ2n) is 4.00. The molecule has 90 valence electrons. The Labute approximate surface area is 100 Å². The highest BCUT2D eigenvalue weighted by molar-refractivity contribution is 7.09. The molecule has 0 radical (unpaired) electrons. The Morgan fingerprint density at radius 2 is 2.44 bits per heavy atom. The van der Waals surface area contributed by atoms with Crippen molar-refractivity contribution in [2.24, 2.45) is 11.8 Å². The van der Waals surface area contributed by atoms with Crippen molar-refractivity contribution in [3.63, 3.8) is 0 Å². The predicted octanol–water partition coefficient (Wildman–Crippen LogP) is 0.848. The zero-order valence-corrected chi connectivity index (χ0v) is 10.6. The summed E-state index contributed by atoms with van der Waals surface area (Å²) in [7, 11) is 2.02. The van der Waals surface area contributed by atoms with E-state index in [1.54, 1.807) is 11.3 Å². The molecule has 1 aromatic rings. The highest BCUT2D eigenvalue weighted by Gasteiger charge is 2.13. The van der Waals surface area contributed by atoms with Gasteiger partial charge in [0, 0.05) is 23.9 Å². The summed E-state index contributed by atoms with van der Waals surface area (Å²) in [6.45, 7) is 3.57. The van der Waals surface area contributed by atoms with Gasteiger partial charge in [-0.1, -0.05) is 13.0 Å². The Morgan fingerprint density at radius 3 is 3.00 bits per heavy atom. The Morgan fingerprint density at radius 1 is 1.69 bits per heavy atom. The van der Waals surface area contributed by atoms with Gasteiger partial charge >= 0.3 is 0 Å². The molecule has 1 amide bonds. The summed E-state index contributed by atoms with van der Waals surface area (Å²) in [5, 5.41) is 2.08. The van der Waals surface area contributed by atoms with E-state index in [4.69, 9.17) is 5.84 Å². The molecule has 1 atom stereocenters. The maximum atomic E-state index is 11.2. The van der Waals surface area contributed by atoms with E-state index in [2.05, 4.69) is 27.8 Å². The number of amides is 1. The molecule has 0 aliphatic rings. The predicted molar refractivity (Wildman–Crippen MR) is 67.0 cm³/mol. The Kier molecular flexibility index (Phi) is 5.45. The molecule has 3 N–H and O–H groups in total. The topological polar surface area (TPSA) is 58.4 Å². The van der Waals surface area contributed by atoms with Crippen LogP contribution < -0.4 is 11.3 Å². The van der Waals surface area contributed by atoms with Crippen LogP contribution in [-0.4, -0.2) is 30.9 Å². The number of nitrogens with two attached hydrogens (primary N) is 1. The van der Waals surface area contributed by atoms with Gasteiger partial charge in [-0.15, -0.1) is 11.3 Å². The van der Waals surface area contributed by atoms with Crippen LogP contribution in [0.25, 0.3) is 0 Å². The molecule has 1 heterocycles. The fourth-order valence-electron chi connectivity index (χ4n) is 1.54. The molecule has 4 nitrogen and oxygen atoms in total. The number of nitrogens with one attached hydrogen (secondary N) is 1. The summed E-state index contributed by atoms with van der Waals surface area (Å²) in [6.07, 6.45) is 1.03. The molecule has 0 aromatic carbocycles. The molecule has 0 spiro atoms. The Bertz CT molecular complexity index is 313. The van der Waals surface area contributed by atoms with E-state index in [0.29, 0.717) is 0 Å². The van der Waals surface area contributed by atoms with Crippen molar-refractivity contribution in [3.8, 4) is 0 Å². The highest BCUT2D eigenvalue weighted by atomic mass is 32.1. The SMILES string of the molecule is CC(CN(C)CCc1cccs1)C(=O)NN. The summed E-state index contributed by atoms with van der Waals surface area (Å²) in [5.41, 5.74) is 2.18. The molecule has 0 bridgehead atoms. The second-order valence-corrected chi connectivity index (χ2v) is 5.03. The molecule has 1 aromatic heterocycles. The third kappa shape index (κ3) is 4.30. The lowest BCUT2D eigenvalue weighted by molar-refractivity contribution is -0.125. The summed E-state index contributed by atoms with van der Waals surface area (Å²) in [6, 6.07) is 4.19. The molecule has 0 aliphatic heterocycles. The van der Waals surface area contributed by atoms with E-state index in [1.807, 2.05) is 14.0 Å². The first-order chi connectivity index (χ1) is 7.63. The molecule has 0 aliphatic carbocycles. The van der Waals surface area contributed by atoms with E-state index < -0.39 is 0 Å². The standard InChI is InChI=1S/C11H19N3OS/c1-9(11(15)13-12)8-14(2)6-5-10-4-3-7-16-10/h3-4,7,9H,5-6,8,12H2,1-2H3,(H,13,15). The number of rotatable bonds is 6. The third-order valence-corrected chi connectivity index (χ3v) is 3.43. The van der Waals surface area contributed by atoms with Gasteiger partial charge < -0.3 is 4.90 Å². The summed E-state index contributed by atoms with van der Waals surface area (Å²) < 4.78 is 0. The molecule has 0 saturated heterocycles. The van der Waals surface area contributed by atoms with Crippen LogP contribution in [0.2, 0.25) is 0 Å². The van der Waals surface area contributed by atoms with Crippen LogP contribution in [0.5, 0.6) is 0 Å². The Balaban J connectivity index is 2.25. The minimum atomic E-state index is -0.108. The molecular weight excluding hydrogens is 222 g/mol. The third-order valence-electron chi connectivity index (χ3n) is 2.50. The maximum Gasteiger partial charge on any atom is 0.237 e. The molecule has 1 unspecified atom stereocenters. The molecule has 0 fully saturated rings. The van der Waals surface area contributed by atoms with Crippen LogP contribution in [0.4, 0.5) is 0 Å². The maximum absolute atomic E-state index is 11.2. The van der Waals surface area contributed by atoms with Crippen LogP contribution in [0.1, 0.15) is 11.8 Å². The van der Waals surface area contributed by atoms with Crippen molar-refractivity contribution in [2.75, 3.05) is 20.1 Å². The zero-order chi connectivity index (χ0) is 12.0. The fraction of sp³-hybridized carbons (Fsp3) is 0.545. The first-order valence-electron chi connectivity index (χ1n) is 5.35. The van der Waals surface area contributed by atoms with Crippen LogP contribution in [-0.2, 0) is 11.2 Å². The lowest BCUT2D eigenvalue weighted by atomic mass is 10.1. The van der Waals surface area contributed by atoms with Gasteiger partial charge in [0.25, 0.3) is 0 Å². The first-order valence-corrected chi connectivity index (χ1v) is 6.23. The number of likely N-dealkylation sites (N-methyl/N-ethyl adjacent to an activating group) is 1. The molecular formula is C11H19N3OS. The number of thiophene rings is 1. The first kappa shape index (κ1) is 13.2. The van der Waals surface area contributed by atoms with Gasteiger partial charge in [-0.25, -0.2) is 5.84 Å². The number of hydrazine groups is 1. The number of carbonyl (C=O) groups is 1. The van der Waals surface area contributed by atoms with Crippen molar-refractivity contribution in [3.05, 3.63) is 22.4 Å². The van der Waals surface area contributed by atoms with Crippen LogP contribution in [0.15, 0.2) is 17.5 Å². The minimum Gasteiger partial charge on any atom is -0.305 e. The molecule has 5 heteroatoms. The normalized spacial score (nSPS) is 12.8. The number of hydrogen-bond donors (Lipinski definition) is 2. The minimum absolute atomic E-state index is 0.0710. The number of hydrogen-bond acceptors (Lipinski definition) is 4. The fourth-order valence-corrected chi connectivity index (χ4v) is 2.24. The van der Waals surface area contributed by atoms with Crippen molar-refractivity contribution in [1.82, 2.24) is 10.3 Å². The van der Waals surface area contributed by atoms with Gasteiger partial charge in [-0.2, -0.15) is 0 Å². The molecule has 1 rings (SSSR count). The van der Waals surface area contributed by atoms with Gasteiger partial charge in [-0.05, 0) is 24.9 Å². The second kappa shape index (κ2) is 6.62. The van der Waals surface area contributed by atoms with E-state index >= 15 is 0 Å². The quantitative estimate of drug-likeness (QED) is 0.441. The smallest absolute Gasteiger partial charge is 0.237 e. The monoisotopic (exact) mass is 241 g/mol. The van der Waals surface area contributed by atoms with Gasteiger partial charge in [0.1, 0.15) is 0 Å². The highest BCUT2D eigenvalue weighted by Crippen LogP contribution is 2.09. The zero-order valence-electron chi connectivity index (χ0n) is 9.77. The average molecular weight is 241 g/mol. The van der Waals surface area contributed by atoms with Gasteiger partial charge in [0.05, 0.1) is 0 Å². The van der Waals surface area contributed by atoms with Gasteiger partial charge in [0.15, 0.2) is 0 Å². The lowest BCUT2D eigenvalue weighted by Crippen LogP contribution is -2.39. The van der Waals surface area contributed by atoms with Gasteiger partial charge in [0.2, 0.25) is 5.91 Å². The largest absolute Gasteiger partial charge is 0.305 e. The summed E-state index contributed by atoms with van der Waals surface area (Å²) in [5.74, 6) is 4.90. The lowest BCUT2D eigenvalue weighted by Gasteiger charge is -2.19. The Hall–Kier alpha value is -0.910. The van der Waals surface area contributed by atoms with Crippen molar-refractivity contribution < 1.29 is 4.79 Å². The van der Waals surface area contributed by atoms with Crippen molar-refractivity contribution >= 4 is 17.2 Å². The van der Waals surface area contributed by atoms with Crippen molar-refractivity contribution in [1.29, 1.82) is 0 Å². The number of nitrogens with zero attached hydrogens (tertiary/aromatic N) is 1. The van der Waals surface area contributed by atoms with E-state index in [1.165, 1.54) is 4.88 Å². The molecule has 0 saturated carbocycles. The van der Waals surface area contributed by atoms with Gasteiger partial charge in [-0.3, -0.25) is 10.2 Å². The average Bonchev–Trinajstić information content (AvgIpc) is 2.78. The van der Waals surface area contributed by atoms with E-state index in [0.717, 1.165) is 19.5 Å². The van der Waals surface area contributed by atoms with Crippen molar-refractivity contribution in [2.45, 2.75) is 13.3 Å². The van der Waals surface area contributed by atoms with Crippen LogP contribution >= 0.6 is 11.3 Å². The van der Waals surface area contributed by atoms with Crippen LogP contribution in [0.3, 0.4) is 0 Å². The molecule has 16 heavy (non-hydrogen) atoms. The summed E-state index contributed by atoms with van der Waals surface area (Å²) in [4.78, 5) is 14.7.